The van der Waals surface area contributed by atoms with Crippen molar-refractivity contribution < 1.29 is 4.79 Å². The normalized spacial score (nSPS) is 12.3. The summed E-state index contributed by atoms with van der Waals surface area (Å²) < 4.78 is 0. The van der Waals surface area contributed by atoms with Gasteiger partial charge in [0.1, 0.15) is 0 Å². The minimum absolute atomic E-state index is 0.0246. The monoisotopic (exact) mass is 275 g/mol. The van der Waals surface area contributed by atoms with E-state index in [1.165, 1.54) is 5.56 Å². The number of benzene rings is 1. The van der Waals surface area contributed by atoms with Gasteiger partial charge in [-0.15, -0.1) is 0 Å². The highest BCUT2D eigenvalue weighted by Gasteiger charge is 2.13. The third-order valence-corrected chi connectivity index (χ3v) is 3.11. The highest BCUT2D eigenvalue weighted by molar-refractivity contribution is 5.94. The summed E-state index contributed by atoms with van der Waals surface area (Å²) in [4.78, 5) is 12.0. The van der Waals surface area contributed by atoms with Gasteiger partial charge in [-0.05, 0) is 41.4 Å². The largest absolute Gasteiger partial charge is 0.352 e. The van der Waals surface area contributed by atoms with Crippen LogP contribution in [0.25, 0.3) is 0 Å². The average Bonchev–Trinajstić information content (AvgIpc) is 2.25. The van der Waals surface area contributed by atoms with Gasteiger partial charge in [-0.25, -0.2) is 0 Å². The molecule has 0 bridgehead atoms. The van der Waals surface area contributed by atoms with Crippen molar-refractivity contribution in [3.63, 3.8) is 0 Å². The SMILES string of the molecule is CC(C)(C)CCNC(=O)c1ccc(CC(C)(C)C)cc1. The van der Waals surface area contributed by atoms with Crippen LogP contribution in [0.1, 0.15) is 63.9 Å². The summed E-state index contributed by atoms with van der Waals surface area (Å²) in [6.45, 7) is 13.9. The van der Waals surface area contributed by atoms with E-state index in [1.807, 2.05) is 12.1 Å². The summed E-state index contributed by atoms with van der Waals surface area (Å²) in [5.41, 5.74) is 2.56. The zero-order valence-corrected chi connectivity index (χ0v) is 13.8. The topological polar surface area (TPSA) is 29.1 Å². The number of nitrogens with one attached hydrogen (secondary N) is 1. The van der Waals surface area contributed by atoms with Crippen LogP contribution >= 0.6 is 0 Å². The first-order valence-corrected chi connectivity index (χ1v) is 7.44. The lowest BCUT2D eigenvalue weighted by Gasteiger charge is -2.19. The van der Waals surface area contributed by atoms with E-state index in [0.29, 0.717) is 0 Å². The molecule has 2 heteroatoms. The van der Waals surface area contributed by atoms with Crippen LogP contribution in [0, 0.1) is 10.8 Å². The van der Waals surface area contributed by atoms with Gasteiger partial charge in [0.25, 0.3) is 5.91 Å². The van der Waals surface area contributed by atoms with Crippen LogP contribution in [-0.4, -0.2) is 12.5 Å². The molecule has 20 heavy (non-hydrogen) atoms. The number of hydrogen-bond donors (Lipinski definition) is 1. The van der Waals surface area contributed by atoms with Crippen LogP contribution in [0.4, 0.5) is 0 Å². The molecule has 1 rings (SSSR count). The van der Waals surface area contributed by atoms with Gasteiger partial charge in [-0.3, -0.25) is 4.79 Å². The number of carbonyl (C=O) groups excluding carboxylic acids is 1. The molecule has 0 saturated carbocycles. The van der Waals surface area contributed by atoms with E-state index in [-0.39, 0.29) is 16.7 Å². The average molecular weight is 275 g/mol. The van der Waals surface area contributed by atoms with E-state index in [9.17, 15) is 4.79 Å². The van der Waals surface area contributed by atoms with E-state index in [1.54, 1.807) is 0 Å². The quantitative estimate of drug-likeness (QED) is 0.864. The second kappa shape index (κ2) is 6.43. The second-order valence-electron chi connectivity index (χ2n) is 8.00. The first kappa shape index (κ1) is 16.7. The lowest BCUT2D eigenvalue weighted by Crippen LogP contribution is -2.27. The zero-order valence-electron chi connectivity index (χ0n) is 13.8. The molecule has 0 radical (unpaired) electrons. The highest BCUT2D eigenvalue weighted by atomic mass is 16.1. The van der Waals surface area contributed by atoms with Crippen molar-refractivity contribution in [2.75, 3.05) is 6.54 Å². The Bertz CT molecular complexity index is 432. The zero-order chi connectivity index (χ0) is 15.4. The summed E-state index contributed by atoms with van der Waals surface area (Å²) in [5.74, 6) is 0.0246. The maximum Gasteiger partial charge on any atom is 0.251 e. The molecule has 0 atom stereocenters. The summed E-state index contributed by atoms with van der Waals surface area (Å²) in [6.07, 6.45) is 2.01. The van der Waals surface area contributed by atoms with Crippen molar-refractivity contribution in [3.8, 4) is 0 Å². The van der Waals surface area contributed by atoms with Gasteiger partial charge in [0.15, 0.2) is 0 Å². The molecule has 0 aliphatic carbocycles. The van der Waals surface area contributed by atoms with Crippen molar-refractivity contribution in [3.05, 3.63) is 35.4 Å². The Hall–Kier alpha value is -1.31. The summed E-state index contributed by atoms with van der Waals surface area (Å²) >= 11 is 0. The van der Waals surface area contributed by atoms with Crippen LogP contribution in [0.3, 0.4) is 0 Å². The maximum atomic E-state index is 12.0. The molecule has 1 aromatic rings. The van der Waals surface area contributed by atoms with Crippen molar-refractivity contribution >= 4 is 5.91 Å². The van der Waals surface area contributed by atoms with Gasteiger partial charge in [0.2, 0.25) is 0 Å². The second-order valence-corrected chi connectivity index (χ2v) is 8.00. The third kappa shape index (κ3) is 6.74. The predicted molar refractivity (Wildman–Crippen MR) is 86.0 cm³/mol. The number of hydrogen-bond acceptors (Lipinski definition) is 1. The Labute approximate surface area is 124 Å². The molecule has 0 fully saturated rings. The van der Waals surface area contributed by atoms with Crippen molar-refractivity contribution in [2.45, 2.75) is 54.4 Å². The van der Waals surface area contributed by atoms with Crippen molar-refractivity contribution in [1.82, 2.24) is 5.32 Å². The summed E-state index contributed by atoms with van der Waals surface area (Å²) in [5, 5.41) is 2.98. The van der Waals surface area contributed by atoms with Gasteiger partial charge in [-0.2, -0.15) is 0 Å². The minimum Gasteiger partial charge on any atom is -0.352 e. The van der Waals surface area contributed by atoms with E-state index in [2.05, 4.69) is 59.0 Å². The first-order valence-electron chi connectivity index (χ1n) is 7.44. The smallest absolute Gasteiger partial charge is 0.251 e. The maximum absolute atomic E-state index is 12.0. The first-order chi connectivity index (χ1) is 9.07. The predicted octanol–water partition coefficient (Wildman–Crippen LogP) is 4.44. The van der Waals surface area contributed by atoms with Crippen LogP contribution in [0.5, 0.6) is 0 Å². The van der Waals surface area contributed by atoms with Crippen molar-refractivity contribution in [2.24, 2.45) is 10.8 Å². The molecule has 0 aromatic heterocycles. The Balaban J connectivity index is 2.54. The van der Waals surface area contributed by atoms with Gasteiger partial charge in [-0.1, -0.05) is 53.7 Å². The van der Waals surface area contributed by atoms with Crippen LogP contribution in [-0.2, 0) is 6.42 Å². The van der Waals surface area contributed by atoms with Crippen molar-refractivity contribution in [1.29, 1.82) is 0 Å². The minimum atomic E-state index is 0.0246. The Morgan fingerprint density at radius 2 is 1.50 bits per heavy atom. The molecular formula is C18H29NO. The number of rotatable bonds is 4. The summed E-state index contributed by atoms with van der Waals surface area (Å²) in [7, 11) is 0. The van der Waals surface area contributed by atoms with Crippen LogP contribution in [0.15, 0.2) is 24.3 Å². The molecule has 0 spiro atoms. The molecule has 1 N–H and O–H groups in total. The fourth-order valence-corrected chi connectivity index (χ4v) is 2.04. The highest BCUT2D eigenvalue weighted by Crippen LogP contribution is 2.21. The third-order valence-electron chi connectivity index (χ3n) is 3.11. The van der Waals surface area contributed by atoms with Gasteiger partial charge in [0, 0.05) is 12.1 Å². The molecule has 0 heterocycles. The van der Waals surface area contributed by atoms with E-state index < -0.39 is 0 Å². The van der Waals surface area contributed by atoms with Gasteiger partial charge < -0.3 is 5.32 Å². The Morgan fingerprint density at radius 3 is 1.95 bits per heavy atom. The molecule has 0 unspecified atom stereocenters. The van der Waals surface area contributed by atoms with Crippen LogP contribution in [0.2, 0.25) is 0 Å². The number of amides is 1. The van der Waals surface area contributed by atoms with Gasteiger partial charge in [0.05, 0.1) is 0 Å². The fourth-order valence-electron chi connectivity index (χ4n) is 2.04. The Morgan fingerprint density at radius 1 is 0.950 bits per heavy atom. The Kier molecular flexibility index (Phi) is 5.38. The lowest BCUT2D eigenvalue weighted by atomic mass is 9.88. The molecule has 0 aliphatic heterocycles. The van der Waals surface area contributed by atoms with E-state index in [0.717, 1.165) is 24.9 Å². The standard InChI is InChI=1S/C18H29NO/c1-17(2,3)11-12-19-16(20)15-9-7-14(8-10-15)13-18(4,5)6/h7-10H,11-13H2,1-6H3,(H,19,20). The molecule has 0 aliphatic rings. The molecule has 2 nitrogen and oxygen atoms in total. The number of carbonyl (C=O) groups is 1. The summed E-state index contributed by atoms with van der Waals surface area (Å²) in [6, 6.07) is 7.97. The molecule has 0 saturated heterocycles. The van der Waals surface area contributed by atoms with E-state index in [4.69, 9.17) is 0 Å². The van der Waals surface area contributed by atoms with E-state index >= 15 is 0 Å². The molecular weight excluding hydrogens is 246 g/mol. The lowest BCUT2D eigenvalue weighted by molar-refractivity contribution is 0.0949. The fraction of sp³-hybridized carbons (Fsp3) is 0.611. The van der Waals surface area contributed by atoms with Crippen LogP contribution < -0.4 is 5.32 Å². The van der Waals surface area contributed by atoms with Gasteiger partial charge >= 0.3 is 0 Å². The molecule has 112 valence electrons. The molecule has 1 aromatic carbocycles. The molecule has 1 amide bonds.